The Labute approximate surface area is 125 Å². The quantitative estimate of drug-likeness (QED) is 0.912. The maximum absolute atomic E-state index is 11.2. The van der Waals surface area contributed by atoms with E-state index >= 15 is 0 Å². The average molecular weight is 290 g/mol. The minimum absolute atomic E-state index is 0.0356. The molecule has 2 aliphatic heterocycles. The summed E-state index contributed by atoms with van der Waals surface area (Å²) in [6, 6.07) is 6.00. The van der Waals surface area contributed by atoms with Gasteiger partial charge in [0.1, 0.15) is 12.7 Å². The number of hydrogen-bond acceptors (Lipinski definition) is 4. The molecule has 1 unspecified atom stereocenters. The first-order valence-electron chi connectivity index (χ1n) is 7.53. The number of rotatable bonds is 3. The van der Waals surface area contributed by atoms with Crippen molar-refractivity contribution in [1.29, 1.82) is 0 Å². The second-order valence-electron chi connectivity index (χ2n) is 5.98. The van der Waals surface area contributed by atoms with Crippen molar-refractivity contribution in [2.45, 2.75) is 25.9 Å². The molecule has 0 radical (unpaired) electrons. The summed E-state index contributed by atoms with van der Waals surface area (Å²) in [5, 5.41) is 0. The Balaban J connectivity index is 1.53. The fourth-order valence-electron chi connectivity index (χ4n) is 3.00. The standard InChI is InChI=1S/C16H22N2O3/c1-11-2-3-14-15(8-11)20-10-13(21-14)9-18-6-4-12(5-7-18)16(17)19/h2-3,8,12-13H,4-7,9-10H2,1H3,(H2,17,19). The summed E-state index contributed by atoms with van der Waals surface area (Å²) in [6.45, 7) is 5.24. The third-order valence-corrected chi connectivity index (χ3v) is 4.27. The maximum Gasteiger partial charge on any atom is 0.220 e. The summed E-state index contributed by atoms with van der Waals surface area (Å²) >= 11 is 0. The lowest BCUT2D eigenvalue weighted by Crippen LogP contribution is -2.45. The Bertz CT molecular complexity index is 524. The second kappa shape index (κ2) is 5.93. The Morgan fingerprint density at radius 2 is 2.10 bits per heavy atom. The summed E-state index contributed by atoms with van der Waals surface area (Å²) in [7, 11) is 0. The zero-order valence-electron chi connectivity index (χ0n) is 12.4. The average Bonchev–Trinajstić information content (AvgIpc) is 2.48. The Morgan fingerprint density at radius 1 is 1.33 bits per heavy atom. The lowest BCUT2D eigenvalue weighted by atomic mass is 9.96. The summed E-state index contributed by atoms with van der Waals surface area (Å²) in [4.78, 5) is 13.5. The number of nitrogens with two attached hydrogens (primary N) is 1. The number of piperidine rings is 1. The van der Waals surface area contributed by atoms with Gasteiger partial charge in [-0.2, -0.15) is 0 Å². The highest BCUT2D eigenvalue weighted by Gasteiger charge is 2.27. The van der Waals surface area contributed by atoms with E-state index in [9.17, 15) is 4.79 Å². The Hall–Kier alpha value is -1.75. The minimum atomic E-state index is -0.170. The number of ether oxygens (including phenoxy) is 2. The molecule has 0 aliphatic carbocycles. The van der Waals surface area contributed by atoms with E-state index in [1.807, 2.05) is 25.1 Å². The maximum atomic E-state index is 11.2. The predicted molar refractivity (Wildman–Crippen MR) is 79.4 cm³/mol. The van der Waals surface area contributed by atoms with E-state index in [0.717, 1.165) is 44.0 Å². The minimum Gasteiger partial charge on any atom is -0.486 e. The number of nitrogens with zero attached hydrogens (tertiary/aromatic N) is 1. The normalized spacial score (nSPS) is 23.0. The van der Waals surface area contributed by atoms with Gasteiger partial charge >= 0.3 is 0 Å². The van der Waals surface area contributed by atoms with E-state index in [-0.39, 0.29) is 17.9 Å². The van der Waals surface area contributed by atoms with Gasteiger partial charge in [-0.05, 0) is 50.6 Å². The van der Waals surface area contributed by atoms with Crippen molar-refractivity contribution < 1.29 is 14.3 Å². The molecule has 5 heteroatoms. The summed E-state index contributed by atoms with van der Waals surface area (Å²) < 4.78 is 11.8. The first kappa shape index (κ1) is 14.2. The first-order chi connectivity index (χ1) is 10.1. The monoisotopic (exact) mass is 290 g/mol. The van der Waals surface area contributed by atoms with Crippen LogP contribution in [-0.2, 0) is 4.79 Å². The topological polar surface area (TPSA) is 64.8 Å². The molecule has 2 heterocycles. The van der Waals surface area contributed by atoms with Crippen LogP contribution in [0.25, 0.3) is 0 Å². The molecule has 21 heavy (non-hydrogen) atoms. The number of aryl methyl sites for hydroxylation is 1. The van der Waals surface area contributed by atoms with Gasteiger partial charge < -0.3 is 15.2 Å². The number of carbonyl (C=O) groups is 1. The van der Waals surface area contributed by atoms with Crippen LogP contribution >= 0.6 is 0 Å². The SMILES string of the molecule is Cc1ccc2c(c1)OCC(CN1CCC(C(N)=O)CC1)O2. The number of benzene rings is 1. The fraction of sp³-hybridized carbons (Fsp3) is 0.562. The van der Waals surface area contributed by atoms with E-state index in [0.29, 0.717) is 6.61 Å². The number of amides is 1. The molecule has 3 rings (SSSR count). The summed E-state index contributed by atoms with van der Waals surface area (Å²) in [6.07, 6.45) is 1.74. The van der Waals surface area contributed by atoms with Crippen molar-refractivity contribution in [2.24, 2.45) is 11.7 Å². The highest BCUT2D eigenvalue weighted by atomic mass is 16.6. The molecule has 1 fully saturated rings. The summed E-state index contributed by atoms with van der Waals surface area (Å²) in [5.74, 6) is 1.52. The van der Waals surface area contributed by atoms with Crippen molar-refractivity contribution in [1.82, 2.24) is 4.90 Å². The molecule has 114 valence electrons. The van der Waals surface area contributed by atoms with Gasteiger partial charge in [0.15, 0.2) is 11.5 Å². The van der Waals surface area contributed by atoms with Crippen LogP contribution in [0.1, 0.15) is 18.4 Å². The van der Waals surface area contributed by atoms with Gasteiger partial charge in [-0.25, -0.2) is 0 Å². The largest absolute Gasteiger partial charge is 0.486 e. The van der Waals surface area contributed by atoms with E-state index in [4.69, 9.17) is 15.2 Å². The smallest absolute Gasteiger partial charge is 0.220 e. The fourth-order valence-corrected chi connectivity index (χ4v) is 3.00. The number of primary amides is 1. The Morgan fingerprint density at radius 3 is 2.81 bits per heavy atom. The van der Waals surface area contributed by atoms with Gasteiger partial charge in [0.05, 0.1) is 0 Å². The molecule has 2 aliphatic rings. The van der Waals surface area contributed by atoms with Gasteiger partial charge in [0.2, 0.25) is 5.91 Å². The van der Waals surface area contributed by atoms with E-state index < -0.39 is 0 Å². The number of likely N-dealkylation sites (tertiary alicyclic amines) is 1. The molecule has 1 aromatic rings. The van der Waals surface area contributed by atoms with Crippen LogP contribution in [0.5, 0.6) is 11.5 Å². The van der Waals surface area contributed by atoms with Crippen LogP contribution in [0.15, 0.2) is 18.2 Å². The molecule has 0 aromatic heterocycles. The molecule has 1 aromatic carbocycles. The zero-order valence-corrected chi connectivity index (χ0v) is 12.4. The number of carbonyl (C=O) groups excluding carboxylic acids is 1. The number of hydrogen-bond donors (Lipinski definition) is 1. The van der Waals surface area contributed by atoms with Crippen molar-refractivity contribution in [2.75, 3.05) is 26.2 Å². The van der Waals surface area contributed by atoms with Crippen LogP contribution in [0.2, 0.25) is 0 Å². The van der Waals surface area contributed by atoms with Gasteiger partial charge in [0, 0.05) is 12.5 Å². The van der Waals surface area contributed by atoms with E-state index in [2.05, 4.69) is 4.90 Å². The van der Waals surface area contributed by atoms with Crippen molar-refractivity contribution in [3.63, 3.8) is 0 Å². The predicted octanol–water partition coefficient (Wildman–Crippen LogP) is 1.33. The second-order valence-corrected chi connectivity index (χ2v) is 5.98. The van der Waals surface area contributed by atoms with E-state index in [1.165, 1.54) is 5.56 Å². The zero-order chi connectivity index (χ0) is 14.8. The lowest BCUT2D eigenvalue weighted by Gasteiger charge is -2.35. The van der Waals surface area contributed by atoms with Crippen LogP contribution < -0.4 is 15.2 Å². The van der Waals surface area contributed by atoms with Crippen molar-refractivity contribution in [3.05, 3.63) is 23.8 Å². The van der Waals surface area contributed by atoms with Crippen molar-refractivity contribution in [3.8, 4) is 11.5 Å². The highest BCUT2D eigenvalue weighted by Crippen LogP contribution is 2.32. The van der Waals surface area contributed by atoms with Gasteiger partial charge in [-0.15, -0.1) is 0 Å². The molecule has 1 atom stereocenters. The van der Waals surface area contributed by atoms with Crippen molar-refractivity contribution >= 4 is 5.91 Å². The van der Waals surface area contributed by atoms with E-state index in [1.54, 1.807) is 0 Å². The molecule has 0 saturated carbocycles. The molecule has 2 N–H and O–H groups in total. The molecule has 5 nitrogen and oxygen atoms in total. The molecule has 0 spiro atoms. The lowest BCUT2D eigenvalue weighted by molar-refractivity contribution is -0.123. The highest BCUT2D eigenvalue weighted by molar-refractivity contribution is 5.76. The van der Waals surface area contributed by atoms with Crippen LogP contribution in [0.4, 0.5) is 0 Å². The summed E-state index contributed by atoms with van der Waals surface area (Å²) in [5.41, 5.74) is 6.53. The Kier molecular flexibility index (Phi) is 4.01. The molecule has 0 bridgehead atoms. The van der Waals surface area contributed by atoms with Gasteiger partial charge in [-0.1, -0.05) is 6.07 Å². The van der Waals surface area contributed by atoms with Crippen LogP contribution in [-0.4, -0.2) is 43.2 Å². The molecular weight excluding hydrogens is 268 g/mol. The first-order valence-corrected chi connectivity index (χ1v) is 7.53. The molecular formula is C16H22N2O3. The molecule has 1 saturated heterocycles. The van der Waals surface area contributed by atoms with Crippen LogP contribution in [0.3, 0.4) is 0 Å². The third-order valence-electron chi connectivity index (χ3n) is 4.27. The third kappa shape index (κ3) is 3.29. The van der Waals surface area contributed by atoms with Gasteiger partial charge in [-0.3, -0.25) is 9.69 Å². The van der Waals surface area contributed by atoms with Gasteiger partial charge in [0.25, 0.3) is 0 Å². The van der Waals surface area contributed by atoms with Crippen LogP contribution in [0, 0.1) is 12.8 Å². The molecule has 1 amide bonds. The number of fused-ring (bicyclic) bond motifs is 1.